The van der Waals surface area contributed by atoms with Crippen LogP contribution in [0.4, 0.5) is 13.2 Å². The zero-order valence-corrected chi connectivity index (χ0v) is 11.8. The molecular formula is C11H12F3N3O3S. The highest BCUT2D eigenvalue weighted by Crippen LogP contribution is 2.47. The summed E-state index contributed by atoms with van der Waals surface area (Å²) in [7, 11) is -2.86. The molecule has 1 aliphatic heterocycles. The van der Waals surface area contributed by atoms with E-state index in [0.29, 0.717) is 18.9 Å². The van der Waals surface area contributed by atoms with E-state index >= 15 is 0 Å². The van der Waals surface area contributed by atoms with Crippen molar-refractivity contribution in [3.63, 3.8) is 0 Å². The SMILES string of the molecule is Cn1nc(C(F)(F)F)cc1S(=O)(=O)N1CC2(CC(=O)C2)C1. The molecule has 0 bridgehead atoms. The Hall–Kier alpha value is -1.42. The monoisotopic (exact) mass is 323 g/mol. The van der Waals surface area contributed by atoms with Crippen molar-refractivity contribution in [2.45, 2.75) is 24.0 Å². The molecule has 2 heterocycles. The number of nitrogens with zero attached hydrogens (tertiary/aromatic N) is 3. The van der Waals surface area contributed by atoms with E-state index in [1.54, 1.807) is 0 Å². The van der Waals surface area contributed by atoms with Crippen LogP contribution in [0.15, 0.2) is 11.1 Å². The predicted octanol–water partition coefficient (Wildman–Crippen LogP) is 0.793. The largest absolute Gasteiger partial charge is 0.435 e. The van der Waals surface area contributed by atoms with Crippen molar-refractivity contribution in [2.24, 2.45) is 12.5 Å². The predicted molar refractivity (Wildman–Crippen MR) is 63.6 cm³/mol. The van der Waals surface area contributed by atoms with Gasteiger partial charge in [-0.15, -0.1) is 0 Å². The third kappa shape index (κ3) is 2.16. The van der Waals surface area contributed by atoms with Gasteiger partial charge in [-0.1, -0.05) is 0 Å². The van der Waals surface area contributed by atoms with Crippen molar-refractivity contribution in [3.05, 3.63) is 11.8 Å². The molecule has 116 valence electrons. The van der Waals surface area contributed by atoms with E-state index in [2.05, 4.69) is 5.10 Å². The molecule has 1 spiro atoms. The van der Waals surface area contributed by atoms with Gasteiger partial charge in [-0.3, -0.25) is 9.48 Å². The van der Waals surface area contributed by atoms with E-state index in [4.69, 9.17) is 0 Å². The number of Topliss-reactive ketones (excluding diaryl/α,β-unsaturated/α-hetero) is 1. The van der Waals surface area contributed by atoms with Gasteiger partial charge < -0.3 is 0 Å². The minimum absolute atomic E-state index is 0.0898. The molecule has 1 aromatic heterocycles. The fraction of sp³-hybridized carbons (Fsp3) is 0.636. The number of ketones is 1. The van der Waals surface area contributed by atoms with Crippen LogP contribution in [0.25, 0.3) is 0 Å². The first-order chi connectivity index (χ1) is 9.53. The Morgan fingerprint density at radius 3 is 2.29 bits per heavy atom. The number of sulfonamides is 1. The van der Waals surface area contributed by atoms with Gasteiger partial charge in [0.1, 0.15) is 5.78 Å². The van der Waals surface area contributed by atoms with E-state index in [1.165, 1.54) is 0 Å². The number of carbonyl (C=O) groups is 1. The van der Waals surface area contributed by atoms with Crippen LogP contribution < -0.4 is 0 Å². The van der Waals surface area contributed by atoms with E-state index in [1.807, 2.05) is 0 Å². The summed E-state index contributed by atoms with van der Waals surface area (Å²) in [6, 6.07) is 0.534. The first kappa shape index (κ1) is 14.5. The van der Waals surface area contributed by atoms with Crippen LogP contribution in [0.2, 0.25) is 0 Å². The van der Waals surface area contributed by atoms with Crippen LogP contribution in [-0.2, 0) is 28.0 Å². The van der Waals surface area contributed by atoms with Crippen molar-refractivity contribution in [3.8, 4) is 0 Å². The number of hydrogen-bond acceptors (Lipinski definition) is 4. The van der Waals surface area contributed by atoms with Crippen LogP contribution in [0, 0.1) is 5.41 Å². The summed E-state index contributed by atoms with van der Waals surface area (Å²) in [4.78, 5) is 11.0. The number of aryl methyl sites for hydroxylation is 1. The number of halogens is 3. The Morgan fingerprint density at radius 2 is 1.86 bits per heavy atom. The van der Waals surface area contributed by atoms with Crippen molar-refractivity contribution >= 4 is 15.8 Å². The van der Waals surface area contributed by atoms with Crippen LogP contribution in [0.5, 0.6) is 0 Å². The molecule has 0 amide bonds. The molecule has 1 aromatic rings. The van der Waals surface area contributed by atoms with Crippen LogP contribution in [0.1, 0.15) is 18.5 Å². The highest BCUT2D eigenvalue weighted by atomic mass is 32.2. The maximum Gasteiger partial charge on any atom is 0.435 e. The fourth-order valence-corrected chi connectivity index (χ4v) is 4.63. The summed E-state index contributed by atoms with van der Waals surface area (Å²) in [6.45, 7) is 0.348. The smallest absolute Gasteiger partial charge is 0.300 e. The minimum Gasteiger partial charge on any atom is -0.300 e. The molecule has 2 aliphatic rings. The zero-order chi connectivity index (χ0) is 15.6. The average molecular weight is 323 g/mol. The summed E-state index contributed by atoms with van der Waals surface area (Å²) in [5, 5.41) is 2.71. The average Bonchev–Trinajstić information content (AvgIpc) is 2.63. The van der Waals surface area contributed by atoms with E-state index in [-0.39, 0.29) is 24.3 Å². The van der Waals surface area contributed by atoms with E-state index in [9.17, 15) is 26.4 Å². The topological polar surface area (TPSA) is 72.3 Å². The van der Waals surface area contributed by atoms with Gasteiger partial charge in [0, 0.05) is 44.5 Å². The third-order valence-electron chi connectivity index (χ3n) is 3.90. The lowest BCUT2D eigenvalue weighted by Crippen LogP contribution is -2.63. The minimum atomic E-state index is -4.69. The van der Waals surface area contributed by atoms with Crippen molar-refractivity contribution in [2.75, 3.05) is 13.1 Å². The molecule has 0 N–H and O–H groups in total. The molecule has 6 nitrogen and oxygen atoms in total. The lowest BCUT2D eigenvalue weighted by atomic mass is 9.64. The molecule has 1 saturated carbocycles. The molecule has 1 aliphatic carbocycles. The van der Waals surface area contributed by atoms with Gasteiger partial charge in [-0.25, -0.2) is 8.42 Å². The number of alkyl halides is 3. The third-order valence-corrected chi connectivity index (χ3v) is 5.75. The van der Waals surface area contributed by atoms with E-state index in [0.717, 1.165) is 16.0 Å². The van der Waals surface area contributed by atoms with Crippen molar-refractivity contribution in [1.82, 2.24) is 14.1 Å². The lowest BCUT2D eigenvalue weighted by Gasteiger charge is -2.53. The molecule has 10 heteroatoms. The van der Waals surface area contributed by atoms with Crippen LogP contribution in [-0.4, -0.2) is 41.4 Å². The first-order valence-corrected chi connectivity index (χ1v) is 7.61. The lowest BCUT2D eigenvalue weighted by molar-refractivity contribution is -0.141. The van der Waals surface area contributed by atoms with Gasteiger partial charge >= 0.3 is 6.18 Å². The molecule has 2 fully saturated rings. The van der Waals surface area contributed by atoms with Gasteiger partial charge in [0.25, 0.3) is 10.0 Å². The van der Waals surface area contributed by atoms with Gasteiger partial charge in [-0.2, -0.15) is 22.6 Å². The number of carbonyl (C=O) groups excluding carboxylic acids is 1. The van der Waals surface area contributed by atoms with Gasteiger partial charge in [0.15, 0.2) is 10.7 Å². The second-order valence-corrected chi connectivity index (χ2v) is 7.54. The Bertz CT molecular complexity index is 707. The molecule has 0 atom stereocenters. The van der Waals surface area contributed by atoms with Crippen molar-refractivity contribution < 1.29 is 26.4 Å². The van der Waals surface area contributed by atoms with Crippen LogP contribution in [0.3, 0.4) is 0 Å². The second-order valence-electron chi connectivity index (χ2n) is 5.65. The summed E-state index contributed by atoms with van der Waals surface area (Å²) in [5.41, 5.74) is -1.53. The maximum atomic E-state index is 12.6. The number of rotatable bonds is 2. The first-order valence-electron chi connectivity index (χ1n) is 6.17. The molecular weight excluding hydrogens is 311 g/mol. The molecule has 0 radical (unpaired) electrons. The summed E-state index contributed by atoms with van der Waals surface area (Å²) in [6.07, 6.45) is -4.00. The fourth-order valence-electron chi connectivity index (χ4n) is 2.84. The standard InChI is InChI=1S/C11H12F3N3O3S/c1-16-9(2-8(15-16)11(12,13)14)21(19,20)17-5-10(6-17)3-7(18)4-10/h2H,3-6H2,1H3. The summed E-state index contributed by atoms with van der Waals surface area (Å²) >= 11 is 0. The van der Waals surface area contributed by atoms with Gasteiger partial charge in [0.05, 0.1) is 0 Å². The Labute approximate surface area is 118 Å². The van der Waals surface area contributed by atoms with E-state index < -0.39 is 26.9 Å². The second kappa shape index (κ2) is 4.07. The Morgan fingerprint density at radius 1 is 1.29 bits per heavy atom. The van der Waals surface area contributed by atoms with Crippen molar-refractivity contribution in [1.29, 1.82) is 0 Å². The highest BCUT2D eigenvalue weighted by molar-refractivity contribution is 7.89. The maximum absolute atomic E-state index is 12.6. The Kier molecular flexibility index (Phi) is 2.81. The number of aromatic nitrogens is 2. The van der Waals surface area contributed by atoms with Gasteiger partial charge in [-0.05, 0) is 0 Å². The molecule has 1 saturated heterocycles. The number of hydrogen-bond donors (Lipinski definition) is 0. The normalized spacial score (nSPS) is 22.2. The molecule has 0 unspecified atom stereocenters. The zero-order valence-electron chi connectivity index (χ0n) is 11.0. The molecule has 3 rings (SSSR count). The highest BCUT2D eigenvalue weighted by Gasteiger charge is 2.56. The molecule has 0 aromatic carbocycles. The summed E-state index contributed by atoms with van der Waals surface area (Å²) < 4.78 is 64.1. The van der Waals surface area contributed by atoms with Crippen LogP contribution >= 0.6 is 0 Å². The Balaban J connectivity index is 1.84. The van der Waals surface area contributed by atoms with Gasteiger partial charge in [0.2, 0.25) is 0 Å². The molecule has 21 heavy (non-hydrogen) atoms. The quantitative estimate of drug-likeness (QED) is 0.807. The summed E-state index contributed by atoms with van der Waals surface area (Å²) in [5.74, 6) is 0.0898.